The summed E-state index contributed by atoms with van der Waals surface area (Å²) in [6.07, 6.45) is 6.16. The third-order valence-electron chi connectivity index (χ3n) is 2.15. The van der Waals surface area contributed by atoms with Crippen LogP contribution in [-0.4, -0.2) is 0 Å². The Morgan fingerprint density at radius 1 is 1.31 bits per heavy atom. The van der Waals surface area contributed by atoms with Crippen LogP contribution < -0.4 is 10.6 Å². The molecule has 1 aromatic carbocycles. The Bertz CT molecular complexity index is 523. The van der Waals surface area contributed by atoms with Crippen molar-refractivity contribution < 1.29 is 21.7 Å². The number of hydrogen-bond acceptors (Lipinski definition) is 1. The molecule has 3 rings (SSSR count). The van der Waals surface area contributed by atoms with E-state index in [4.69, 9.17) is 0 Å². The molecule has 13 heavy (non-hydrogen) atoms. The smallest absolute Gasteiger partial charge is 0.0568 e. The quantitative estimate of drug-likeness (QED) is 0.432. The summed E-state index contributed by atoms with van der Waals surface area (Å²) >= 11 is 0. The number of rotatable bonds is 0. The molecule has 0 atom stereocenters. The molecule has 0 unspecified atom stereocenters. The monoisotopic (exact) mass is 200 g/mol. The van der Waals surface area contributed by atoms with Crippen molar-refractivity contribution in [3.8, 4) is 0 Å². The Hall–Kier alpha value is -0.916. The van der Waals surface area contributed by atoms with Crippen molar-refractivity contribution in [1.29, 1.82) is 0 Å². The molecule has 1 aliphatic carbocycles. The van der Waals surface area contributed by atoms with Crippen LogP contribution >= 0.6 is 0 Å². The van der Waals surface area contributed by atoms with Gasteiger partial charge in [0, 0.05) is 21.7 Å². The topological polar surface area (TPSA) is 12.4 Å². The van der Waals surface area contributed by atoms with Crippen LogP contribution in [0.3, 0.4) is 0 Å². The second kappa shape index (κ2) is 3.09. The molecule has 0 saturated heterocycles. The molecule has 0 radical (unpaired) electrons. The van der Waals surface area contributed by atoms with Crippen LogP contribution in [0.25, 0.3) is 5.57 Å². The molecule has 2 aliphatic rings. The molecule has 0 N–H and O–H groups in total. The van der Waals surface area contributed by atoms with Gasteiger partial charge in [0.1, 0.15) is 0 Å². The van der Waals surface area contributed by atoms with Gasteiger partial charge in [-0.25, -0.2) is 0 Å². The van der Waals surface area contributed by atoms with Gasteiger partial charge in [-0.2, -0.15) is 24.3 Å². The second-order valence-corrected chi connectivity index (χ2v) is 2.87. The summed E-state index contributed by atoms with van der Waals surface area (Å²) in [6, 6.07) is 9.09. The van der Waals surface area contributed by atoms with Crippen LogP contribution in [0.1, 0.15) is 0 Å². The van der Waals surface area contributed by atoms with Gasteiger partial charge in [0.15, 0.2) is 0 Å². The molecule has 1 aromatic rings. The number of allylic oxidation sites excluding steroid dienone is 3. The molecular formula is C11H6NTi-. The van der Waals surface area contributed by atoms with E-state index in [9.17, 15) is 0 Å². The van der Waals surface area contributed by atoms with E-state index in [1.54, 1.807) is 0 Å². The first-order chi connectivity index (χ1) is 5.95. The van der Waals surface area contributed by atoms with Crippen LogP contribution in [0.15, 0.2) is 47.1 Å². The zero-order valence-electron chi connectivity index (χ0n) is 6.91. The average Bonchev–Trinajstić information content (AvgIpc) is 2.62. The number of benzene rings is 1. The Morgan fingerprint density at radius 3 is 3.15 bits per heavy atom. The fraction of sp³-hybridized carbons (Fsp3) is 0. The Balaban J connectivity index is 0.000000653. The van der Waals surface area contributed by atoms with Crippen molar-refractivity contribution in [2.45, 2.75) is 0 Å². The van der Waals surface area contributed by atoms with E-state index in [1.807, 2.05) is 24.3 Å². The van der Waals surface area contributed by atoms with Gasteiger partial charge in [-0.1, -0.05) is 12.2 Å². The summed E-state index contributed by atoms with van der Waals surface area (Å²) in [5, 5.41) is 2.18. The van der Waals surface area contributed by atoms with E-state index in [0.29, 0.717) is 0 Å². The molecular weight excluding hydrogens is 194 g/mol. The summed E-state index contributed by atoms with van der Waals surface area (Å²) in [5.74, 6) is 0. The molecule has 60 valence electrons. The molecule has 0 aromatic heterocycles. The maximum Gasteiger partial charge on any atom is 0.0568 e. The van der Waals surface area contributed by atoms with Crippen LogP contribution in [-0.2, 0) is 21.7 Å². The van der Waals surface area contributed by atoms with Gasteiger partial charge in [-0.3, -0.25) is 4.99 Å². The SMILES string of the molecule is [Ti].[c-]1cccc2c1=NC1=CC=CC=21. The molecule has 0 fully saturated rings. The minimum Gasteiger partial charge on any atom is -0.276 e. The van der Waals surface area contributed by atoms with Crippen LogP contribution in [0, 0.1) is 6.07 Å². The third kappa shape index (κ3) is 1.16. The minimum absolute atomic E-state index is 0. The van der Waals surface area contributed by atoms with Gasteiger partial charge < -0.3 is 0 Å². The van der Waals surface area contributed by atoms with Gasteiger partial charge in [0.05, 0.1) is 5.70 Å². The average molecular weight is 200 g/mol. The molecule has 0 saturated carbocycles. The molecule has 2 heteroatoms. The molecule has 1 aliphatic heterocycles. The first-order valence-electron chi connectivity index (χ1n) is 3.94. The summed E-state index contributed by atoms with van der Waals surface area (Å²) < 4.78 is 0. The van der Waals surface area contributed by atoms with E-state index >= 15 is 0 Å². The second-order valence-electron chi connectivity index (χ2n) is 2.87. The Labute approximate surface area is 91.1 Å². The summed E-state index contributed by atoms with van der Waals surface area (Å²) in [6.45, 7) is 0. The van der Waals surface area contributed by atoms with Gasteiger partial charge in [0.2, 0.25) is 0 Å². The summed E-state index contributed by atoms with van der Waals surface area (Å²) in [7, 11) is 0. The Morgan fingerprint density at radius 2 is 2.23 bits per heavy atom. The fourth-order valence-electron chi connectivity index (χ4n) is 1.59. The number of fused-ring (bicyclic) bond motifs is 2. The van der Waals surface area contributed by atoms with Crippen LogP contribution in [0.5, 0.6) is 0 Å². The fourth-order valence-corrected chi connectivity index (χ4v) is 1.59. The maximum atomic E-state index is 4.42. The zero-order valence-corrected chi connectivity index (χ0v) is 8.47. The van der Waals surface area contributed by atoms with Crippen molar-refractivity contribution in [2.75, 3.05) is 0 Å². The van der Waals surface area contributed by atoms with Crippen molar-refractivity contribution >= 4 is 5.57 Å². The molecule has 0 spiro atoms. The molecule has 1 heterocycles. The zero-order chi connectivity index (χ0) is 7.97. The van der Waals surface area contributed by atoms with Gasteiger partial charge in [-0.05, 0) is 17.0 Å². The number of hydrogen-bond donors (Lipinski definition) is 0. The van der Waals surface area contributed by atoms with E-state index in [2.05, 4.69) is 23.2 Å². The summed E-state index contributed by atoms with van der Waals surface area (Å²) in [5.41, 5.74) is 2.31. The van der Waals surface area contributed by atoms with E-state index < -0.39 is 0 Å². The van der Waals surface area contributed by atoms with Crippen molar-refractivity contribution in [1.82, 2.24) is 0 Å². The molecule has 1 nitrogen and oxygen atoms in total. The van der Waals surface area contributed by atoms with E-state index in [0.717, 1.165) is 11.1 Å². The van der Waals surface area contributed by atoms with E-state index in [-0.39, 0.29) is 21.7 Å². The van der Waals surface area contributed by atoms with E-state index in [1.165, 1.54) is 10.8 Å². The van der Waals surface area contributed by atoms with Crippen LogP contribution in [0.4, 0.5) is 0 Å². The molecule has 0 bridgehead atoms. The van der Waals surface area contributed by atoms with Crippen molar-refractivity contribution in [3.63, 3.8) is 0 Å². The minimum atomic E-state index is 0. The van der Waals surface area contributed by atoms with Gasteiger partial charge in [0.25, 0.3) is 0 Å². The van der Waals surface area contributed by atoms with Crippen molar-refractivity contribution in [3.05, 3.63) is 58.8 Å². The number of nitrogens with zero attached hydrogens (tertiary/aromatic N) is 1. The predicted molar refractivity (Wildman–Crippen MR) is 46.7 cm³/mol. The van der Waals surface area contributed by atoms with Gasteiger partial charge in [-0.15, -0.1) is 5.22 Å². The summed E-state index contributed by atoms with van der Waals surface area (Å²) in [4.78, 5) is 4.42. The first kappa shape index (κ1) is 8.67. The van der Waals surface area contributed by atoms with Gasteiger partial charge >= 0.3 is 0 Å². The Kier molecular flexibility index (Phi) is 2.06. The van der Waals surface area contributed by atoms with Crippen LogP contribution in [0.2, 0.25) is 0 Å². The normalized spacial score (nSPS) is 15.7. The maximum absolute atomic E-state index is 4.42. The van der Waals surface area contributed by atoms with Crippen molar-refractivity contribution in [2.24, 2.45) is 4.99 Å². The number of para-hydroxylation sites is 1. The third-order valence-corrected chi connectivity index (χ3v) is 2.15. The predicted octanol–water partition coefficient (Wildman–Crippen LogP) is 0.722. The standard InChI is InChI=1S/C11H6N.Ti/c1-2-6-10-8(4-1)9-5-3-7-11(9)12-10;/h1-5,7H;/q-1;. The largest absolute Gasteiger partial charge is 0.276 e. The molecule has 0 amide bonds. The first-order valence-corrected chi connectivity index (χ1v) is 3.94.